The largest absolute Gasteiger partial charge is 0.360 e. The third-order valence-electron chi connectivity index (χ3n) is 3.00. The molecule has 1 aromatic carbocycles. The highest BCUT2D eigenvalue weighted by atomic mass is 32.2. The van der Waals surface area contributed by atoms with Crippen LogP contribution in [0.2, 0.25) is 0 Å². The van der Waals surface area contributed by atoms with Crippen LogP contribution in [0.1, 0.15) is 12.5 Å². The number of hydrazone groups is 1. The van der Waals surface area contributed by atoms with E-state index in [0.717, 1.165) is 11.3 Å². The van der Waals surface area contributed by atoms with Gasteiger partial charge in [0.05, 0.1) is 6.21 Å². The lowest BCUT2D eigenvalue weighted by molar-refractivity contribution is -0.134. The van der Waals surface area contributed by atoms with Crippen LogP contribution >= 0.6 is 11.8 Å². The zero-order chi connectivity index (χ0) is 15.9. The minimum absolute atomic E-state index is 0.0484. The van der Waals surface area contributed by atoms with E-state index in [4.69, 9.17) is 0 Å². The predicted molar refractivity (Wildman–Crippen MR) is 88.1 cm³/mol. The van der Waals surface area contributed by atoms with Gasteiger partial charge in [0.2, 0.25) is 0 Å². The van der Waals surface area contributed by atoms with Gasteiger partial charge in [-0.25, -0.2) is 5.43 Å². The van der Waals surface area contributed by atoms with Crippen molar-refractivity contribution in [1.29, 1.82) is 0 Å². The Morgan fingerprint density at radius 1 is 1.45 bits per heavy atom. The molecule has 22 heavy (non-hydrogen) atoms. The standard InChI is InChI=1S/C15H18N4O2S/c1-11-8-14(21)19(15(17-11)22-2)10-13(20)18-16-9-12-6-4-3-5-7-12/h3-9,15,17H,10H2,1-2H3,(H,18,20). The number of carbonyl (C=O) groups is 2. The third kappa shape index (κ3) is 4.36. The summed E-state index contributed by atoms with van der Waals surface area (Å²) in [6.07, 6.45) is 4.92. The number of thioether (sulfide) groups is 1. The molecule has 0 saturated carbocycles. The Hall–Kier alpha value is -2.28. The molecule has 0 radical (unpaired) electrons. The highest BCUT2D eigenvalue weighted by Crippen LogP contribution is 2.16. The van der Waals surface area contributed by atoms with E-state index >= 15 is 0 Å². The Morgan fingerprint density at radius 2 is 2.18 bits per heavy atom. The predicted octanol–water partition coefficient (Wildman–Crippen LogP) is 1.12. The zero-order valence-corrected chi connectivity index (χ0v) is 13.3. The van der Waals surface area contributed by atoms with Crippen LogP contribution < -0.4 is 10.7 Å². The Morgan fingerprint density at radius 3 is 2.86 bits per heavy atom. The second-order valence-corrected chi connectivity index (χ2v) is 5.65. The number of rotatable bonds is 5. The molecule has 0 aliphatic carbocycles. The van der Waals surface area contributed by atoms with Gasteiger partial charge in [-0.2, -0.15) is 5.10 Å². The van der Waals surface area contributed by atoms with Gasteiger partial charge >= 0.3 is 0 Å². The van der Waals surface area contributed by atoms with Gasteiger partial charge in [-0.3, -0.25) is 9.59 Å². The first-order valence-corrected chi connectivity index (χ1v) is 8.04. The summed E-state index contributed by atoms with van der Waals surface area (Å²) in [5, 5.41) is 7.04. The molecule has 1 aliphatic rings. The Balaban J connectivity index is 1.91. The Kier molecular flexibility index (Phi) is 5.60. The molecule has 2 rings (SSSR count). The minimum Gasteiger partial charge on any atom is -0.360 e. The Labute approximate surface area is 133 Å². The van der Waals surface area contributed by atoms with E-state index < -0.39 is 0 Å². The normalized spacial score (nSPS) is 18.1. The first-order valence-electron chi connectivity index (χ1n) is 6.75. The maximum atomic E-state index is 12.0. The molecule has 116 valence electrons. The fourth-order valence-corrected chi connectivity index (χ4v) is 2.69. The van der Waals surface area contributed by atoms with Gasteiger partial charge in [-0.1, -0.05) is 30.3 Å². The summed E-state index contributed by atoms with van der Waals surface area (Å²) in [5.74, 6) is -0.521. The minimum atomic E-state index is -0.339. The number of amides is 2. The molecule has 6 nitrogen and oxygen atoms in total. The van der Waals surface area contributed by atoms with Crippen molar-refractivity contribution >= 4 is 29.8 Å². The molecule has 0 spiro atoms. The number of nitrogens with zero attached hydrogens (tertiary/aromatic N) is 2. The summed E-state index contributed by atoms with van der Waals surface area (Å²) in [5.41, 5.74) is 3.87. The van der Waals surface area contributed by atoms with E-state index in [1.807, 2.05) is 43.5 Å². The van der Waals surface area contributed by atoms with Crippen molar-refractivity contribution in [2.75, 3.05) is 12.8 Å². The lowest BCUT2D eigenvalue weighted by atomic mass is 10.2. The van der Waals surface area contributed by atoms with Crippen LogP contribution in [0.4, 0.5) is 0 Å². The van der Waals surface area contributed by atoms with E-state index in [1.165, 1.54) is 22.7 Å². The molecule has 1 aromatic rings. The summed E-state index contributed by atoms with van der Waals surface area (Å²) in [6.45, 7) is 1.77. The summed E-state index contributed by atoms with van der Waals surface area (Å²) in [7, 11) is 0. The van der Waals surface area contributed by atoms with Gasteiger partial charge in [0.1, 0.15) is 6.54 Å². The van der Waals surface area contributed by atoms with Crippen molar-refractivity contribution in [1.82, 2.24) is 15.6 Å². The van der Waals surface area contributed by atoms with Crippen LogP contribution in [0.15, 0.2) is 47.2 Å². The molecule has 1 aliphatic heterocycles. The van der Waals surface area contributed by atoms with Crippen molar-refractivity contribution in [3.8, 4) is 0 Å². The molecule has 1 heterocycles. The van der Waals surface area contributed by atoms with Crippen LogP contribution in [0.5, 0.6) is 0 Å². The van der Waals surface area contributed by atoms with Crippen molar-refractivity contribution in [3.05, 3.63) is 47.7 Å². The molecule has 1 atom stereocenters. The van der Waals surface area contributed by atoms with Crippen LogP contribution in [-0.4, -0.2) is 41.2 Å². The molecule has 7 heteroatoms. The fourth-order valence-electron chi connectivity index (χ4n) is 1.95. The molecule has 0 fully saturated rings. The number of hydrogen-bond acceptors (Lipinski definition) is 5. The van der Waals surface area contributed by atoms with Crippen molar-refractivity contribution in [3.63, 3.8) is 0 Å². The summed E-state index contributed by atoms with van der Waals surface area (Å²) in [4.78, 5) is 25.4. The second-order valence-electron chi connectivity index (χ2n) is 4.73. The van der Waals surface area contributed by atoms with Gasteiger partial charge in [0.25, 0.3) is 11.8 Å². The number of nitrogens with one attached hydrogen (secondary N) is 2. The quantitative estimate of drug-likeness (QED) is 0.630. The van der Waals surface area contributed by atoms with Gasteiger partial charge in [-0.15, -0.1) is 11.8 Å². The van der Waals surface area contributed by atoms with Gasteiger partial charge in [0.15, 0.2) is 5.50 Å². The first kappa shape index (κ1) is 16.1. The second kappa shape index (κ2) is 7.65. The lowest BCUT2D eigenvalue weighted by Gasteiger charge is -2.33. The van der Waals surface area contributed by atoms with Crippen LogP contribution in [0, 0.1) is 0 Å². The highest BCUT2D eigenvalue weighted by molar-refractivity contribution is 7.99. The summed E-state index contributed by atoms with van der Waals surface area (Å²) >= 11 is 1.46. The third-order valence-corrected chi connectivity index (χ3v) is 3.82. The smallest absolute Gasteiger partial charge is 0.259 e. The van der Waals surface area contributed by atoms with E-state index in [2.05, 4.69) is 15.8 Å². The number of hydrogen-bond donors (Lipinski definition) is 2. The molecular formula is C15H18N4O2S. The molecular weight excluding hydrogens is 300 g/mol. The Bertz CT molecular complexity index is 601. The topological polar surface area (TPSA) is 73.8 Å². The molecule has 0 bridgehead atoms. The summed E-state index contributed by atoms with van der Waals surface area (Å²) in [6, 6.07) is 9.44. The number of carbonyl (C=O) groups excluding carboxylic acids is 2. The number of benzene rings is 1. The maximum absolute atomic E-state index is 12.0. The first-order chi connectivity index (χ1) is 10.6. The molecule has 2 N–H and O–H groups in total. The molecule has 0 saturated heterocycles. The number of allylic oxidation sites excluding steroid dienone is 1. The average Bonchev–Trinajstić information content (AvgIpc) is 2.50. The van der Waals surface area contributed by atoms with Crippen LogP contribution in [0.25, 0.3) is 0 Å². The monoisotopic (exact) mass is 318 g/mol. The van der Waals surface area contributed by atoms with Crippen LogP contribution in [0.3, 0.4) is 0 Å². The average molecular weight is 318 g/mol. The van der Waals surface area contributed by atoms with E-state index in [-0.39, 0.29) is 23.9 Å². The fraction of sp³-hybridized carbons (Fsp3) is 0.267. The SMILES string of the molecule is CSC1NC(C)=CC(=O)N1CC(=O)NN=Cc1ccccc1. The molecule has 1 unspecified atom stereocenters. The van der Waals surface area contributed by atoms with Crippen LogP contribution in [-0.2, 0) is 9.59 Å². The van der Waals surface area contributed by atoms with Gasteiger partial charge < -0.3 is 10.2 Å². The summed E-state index contributed by atoms with van der Waals surface area (Å²) < 4.78 is 0. The zero-order valence-electron chi connectivity index (χ0n) is 12.4. The van der Waals surface area contributed by atoms with Gasteiger partial charge in [-0.05, 0) is 18.7 Å². The van der Waals surface area contributed by atoms with Crippen molar-refractivity contribution in [2.45, 2.75) is 12.4 Å². The van der Waals surface area contributed by atoms with Crippen molar-refractivity contribution in [2.24, 2.45) is 5.10 Å². The lowest BCUT2D eigenvalue weighted by Crippen LogP contribution is -2.52. The van der Waals surface area contributed by atoms with E-state index in [1.54, 1.807) is 6.21 Å². The van der Waals surface area contributed by atoms with Crippen molar-refractivity contribution < 1.29 is 9.59 Å². The maximum Gasteiger partial charge on any atom is 0.259 e. The highest BCUT2D eigenvalue weighted by Gasteiger charge is 2.27. The molecule has 2 amide bonds. The van der Waals surface area contributed by atoms with Gasteiger partial charge in [0, 0.05) is 11.8 Å². The molecule has 0 aromatic heterocycles. The van der Waals surface area contributed by atoms with E-state index in [0.29, 0.717) is 0 Å². The van der Waals surface area contributed by atoms with E-state index in [9.17, 15) is 9.59 Å².